The Morgan fingerprint density at radius 3 is 2.54 bits per heavy atom. The van der Waals surface area contributed by atoms with Crippen LogP contribution in [0.5, 0.6) is 0 Å². The molecule has 1 heterocycles. The van der Waals surface area contributed by atoms with Crippen molar-refractivity contribution in [1.29, 1.82) is 0 Å². The van der Waals surface area contributed by atoms with Gasteiger partial charge in [-0.1, -0.05) is 25.4 Å². The molecule has 0 bridgehead atoms. The number of halogens is 1. The van der Waals surface area contributed by atoms with Crippen molar-refractivity contribution in [3.63, 3.8) is 0 Å². The summed E-state index contributed by atoms with van der Waals surface area (Å²) in [4.78, 5) is 12.6. The van der Waals surface area contributed by atoms with Gasteiger partial charge < -0.3 is 9.73 Å². The van der Waals surface area contributed by atoms with Gasteiger partial charge in [0.05, 0.1) is 21.7 Å². The Morgan fingerprint density at radius 2 is 1.96 bits per heavy atom. The van der Waals surface area contributed by atoms with Crippen LogP contribution in [-0.2, 0) is 16.4 Å². The van der Waals surface area contributed by atoms with E-state index in [1.165, 1.54) is 22.5 Å². The van der Waals surface area contributed by atoms with Crippen LogP contribution in [0, 0.1) is 0 Å². The Labute approximate surface area is 159 Å². The molecule has 1 aromatic carbocycles. The third-order valence-electron chi connectivity index (χ3n) is 3.99. The van der Waals surface area contributed by atoms with Crippen LogP contribution in [0.3, 0.4) is 0 Å². The molecule has 6 nitrogen and oxygen atoms in total. The van der Waals surface area contributed by atoms with Crippen molar-refractivity contribution in [1.82, 2.24) is 9.62 Å². The van der Waals surface area contributed by atoms with Crippen molar-refractivity contribution in [2.45, 2.75) is 38.1 Å². The molecule has 0 unspecified atom stereocenters. The van der Waals surface area contributed by atoms with Crippen LogP contribution in [0.25, 0.3) is 0 Å². The lowest BCUT2D eigenvalue weighted by Crippen LogP contribution is -2.34. The SMILES string of the molecule is CCN(CC)S(=O)(=O)c1ccc(Cl)c(C(=O)N[C@H](C)Cc2ccco2)c1. The first-order valence-electron chi connectivity index (χ1n) is 8.42. The monoisotopic (exact) mass is 398 g/mol. The lowest BCUT2D eigenvalue weighted by Gasteiger charge is -2.19. The highest BCUT2D eigenvalue weighted by Gasteiger charge is 2.24. The Hall–Kier alpha value is -1.83. The quantitative estimate of drug-likeness (QED) is 0.739. The predicted octanol–water partition coefficient (Wildman–Crippen LogP) is 3.32. The van der Waals surface area contributed by atoms with Gasteiger partial charge in [0.1, 0.15) is 5.76 Å². The van der Waals surface area contributed by atoms with E-state index in [9.17, 15) is 13.2 Å². The third-order valence-corrected chi connectivity index (χ3v) is 6.37. The van der Waals surface area contributed by atoms with E-state index in [1.807, 2.05) is 13.0 Å². The number of hydrogen-bond acceptors (Lipinski definition) is 4. The summed E-state index contributed by atoms with van der Waals surface area (Å²) in [5.41, 5.74) is 0.131. The molecule has 1 amide bonds. The average molecular weight is 399 g/mol. The molecule has 2 rings (SSSR count). The first-order valence-corrected chi connectivity index (χ1v) is 10.2. The molecule has 1 atom stereocenters. The minimum atomic E-state index is -3.66. The summed E-state index contributed by atoms with van der Waals surface area (Å²) >= 11 is 6.13. The number of rotatable bonds is 8. The Balaban J connectivity index is 2.22. The van der Waals surface area contributed by atoms with Gasteiger partial charge in [-0.25, -0.2) is 8.42 Å². The minimum absolute atomic E-state index is 0.0504. The van der Waals surface area contributed by atoms with E-state index < -0.39 is 15.9 Å². The van der Waals surface area contributed by atoms with E-state index in [4.69, 9.17) is 16.0 Å². The van der Waals surface area contributed by atoms with Gasteiger partial charge in [-0.3, -0.25) is 4.79 Å². The maximum absolute atomic E-state index is 12.7. The van der Waals surface area contributed by atoms with Gasteiger partial charge in [0.25, 0.3) is 5.91 Å². The molecule has 0 spiro atoms. The largest absolute Gasteiger partial charge is 0.469 e. The highest BCUT2D eigenvalue weighted by Crippen LogP contribution is 2.23. The number of amides is 1. The third kappa shape index (κ3) is 4.66. The van der Waals surface area contributed by atoms with Gasteiger partial charge in [0, 0.05) is 25.6 Å². The number of furan rings is 1. The van der Waals surface area contributed by atoms with Crippen molar-refractivity contribution in [3.05, 3.63) is 52.9 Å². The number of nitrogens with one attached hydrogen (secondary N) is 1. The van der Waals surface area contributed by atoms with Crippen molar-refractivity contribution >= 4 is 27.5 Å². The molecule has 0 radical (unpaired) electrons. The number of hydrogen-bond donors (Lipinski definition) is 1. The molecular weight excluding hydrogens is 376 g/mol. The molecule has 0 aliphatic heterocycles. The van der Waals surface area contributed by atoms with Gasteiger partial charge in [0.2, 0.25) is 10.0 Å². The maximum Gasteiger partial charge on any atom is 0.253 e. The Morgan fingerprint density at radius 1 is 1.27 bits per heavy atom. The molecule has 0 saturated heterocycles. The summed E-state index contributed by atoms with van der Waals surface area (Å²) in [6.45, 7) is 6.07. The number of benzene rings is 1. The van der Waals surface area contributed by atoms with Crippen LogP contribution < -0.4 is 5.32 Å². The van der Waals surface area contributed by atoms with Crippen molar-refractivity contribution < 1.29 is 17.6 Å². The van der Waals surface area contributed by atoms with Crippen LogP contribution in [0.1, 0.15) is 36.9 Å². The van der Waals surface area contributed by atoms with E-state index in [2.05, 4.69) is 5.32 Å². The fraction of sp³-hybridized carbons (Fsp3) is 0.389. The molecule has 0 aliphatic rings. The zero-order chi connectivity index (χ0) is 19.3. The smallest absolute Gasteiger partial charge is 0.253 e. The van der Waals surface area contributed by atoms with Gasteiger partial charge in [0.15, 0.2) is 0 Å². The van der Waals surface area contributed by atoms with E-state index in [1.54, 1.807) is 26.2 Å². The van der Waals surface area contributed by atoms with E-state index in [-0.39, 0.29) is 21.5 Å². The fourth-order valence-electron chi connectivity index (χ4n) is 2.63. The Bertz CT molecular complexity index is 846. The minimum Gasteiger partial charge on any atom is -0.469 e. The second-order valence-electron chi connectivity index (χ2n) is 5.89. The number of carbonyl (C=O) groups excluding carboxylic acids is 1. The van der Waals surface area contributed by atoms with Crippen molar-refractivity contribution in [2.24, 2.45) is 0 Å². The van der Waals surface area contributed by atoms with Crippen molar-refractivity contribution in [3.8, 4) is 0 Å². The molecule has 0 fully saturated rings. The average Bonchev–Trinajstić information content (AvgIpc) is 3.08. The number of nitrogens with zero attached hydrogens (tertiary/aromatic N) is 1. The summed E-state index contributed by atoms with van der Waals surface area (Å²) in [6.07, 6.45) is 2.09. The van der Waals surface area contributed by atoms with E-state index >= 15 is 0 Å². The molecular formula is C18H23ClN2O4S. The van der Waals surface area contributed by atoms with Gasteiger partial charge in [-0.2, -0.15) is 4.31 Å². The van der Waals surface area contributed by atoms with Crippen molar-refractivity contribution in [2.75, 3.05) is 13.1 Å². The molecule has 1 aromatic heterocycles. The van der Waals surface area contributed by atoms with Crippen LogP contribution in [0.15, 0.2) is 45.9 Å². The molecule has 8 heteroatoms. The predicted molar refractivity (Wildman–Crippen MR) is 101 cm³/mol. The molecule has 0 saturated carbocycles. The van der Waals surface area contributed by atoms with E-state index in [0.717, 1.165) is 5.76 Å². The van der Waals surface area contributed by atoms with E-state index in [0.29, 0.717) is 19.5 Å². The van der Waals surface area contributed by atoms with Crippen LogP contribution in [0.4, 0.5) is 0 Å². The summed E-state index contributed by atoms with van der Waals surface area (Å²) in [7, 11) is -3.66. The maximum atomic E-state index is 12.7. The second-order valence-corrected chi connectivity index (χ2v) is 8.23. The number of carbonyl (C=O) groups is 1. The Kier molecular flexibility index (Phi) is 6.86. The zero-order valence-electron chi connectivity index (χ0n) is 15.0. The van der Waals surface area contributed by atoms with Crippen LogP contribution in [-0.4, -0.2) is 37.8 Å². The molecule has 26 heavy (non-hydrogen) atoms. The first kappa shape index (κ1) is 20.5. The summed E-state index contributed by atoms with van der Waals surface area (Å²) in [5.74, 6) is 0.326. The molecule has 142 valence electrons. The fourth-order valence-corrected chi connectivity index (χ4v) is 4.32. The van der Waals surface area contributed by atoms with Gasteiger partial charge >= 0.3 is 0 Å². The highest BCUT2D eigenvalue weighted by atomic mass is 35.5. The molecule has 2 aromatic rings. The number of sulfonamides is 1. The molecule has 0 aliphatic carbocycles. The summed E-state index contributed by atoms with van der Waals surface area (Å²) < 4.78 is 31.9. The zero-order valence-corrected chi connectivity index (χ0v) is 16.6. The molecule has 1 N–H and O–H groups in total. The lowest BCUT2D eigenvalue weighted by atomic mass is 10.1. The van der Waals surface area contributed by atoms with Gasteiger partial charge in [-0.15, -0.1) is 0 Å². The topological polar surface area (TPSA) is 79.6 Å². The standard InChI is InChI=1S/C18H23ClN2O4S/c1-4-21(5-2)26(23,24)15-8-9-17(19)16(12-15)18(22)20-13(3)11-14-7-6-10-25-14/h6-10,12-13H,4-5,11H2,1-3H3,(H,20,22)/t13-/m1/s1. The highest BCUT2D eigenvalue weighted by molar-refractivity contribution is 7.89. The summed E-state index contributed by atoms with van der Waals surface area (Å²) in [6, 6.07) is 7.58. The first-order chi connectivity index (χ1) is 12.3. The summed E-state index contributed by atoms with van der Waals surface area (Å²) in [5, 5.41) is 3.02. The van der Waals surface area contributed by atoms with Crippen LogP contribution >= 0.6 is 11.6 Å². The van der Waals surface area contributed by atoms with Gasteiger partial charge in [-0.05, 0) is 37.3 Å². The normalized spacial score (nSPS) is 13.0. The van der Waals surface area contributed by atoms with Crippen LogP contribution in [0.2, 0.25) is 5.02 Å². The lowest BCUT2D eigenvalue weighted by molar-refractivity contribution is 0.0939. The second kappa shape index (κ2) is 8.70.